The van der Waals surface area contributed by atoms with Gasteiger partial charge in [-0.05, 0) is 67.6 Å². The normalized spacial score (nSPS) is 37.5. The molecule has 1 aromatic rings. The van der Waals surface area contributed by atoms with Crippen molar-refractivity contribution in [1.82, 2.24) is 5.32 Å². The van der Waals surface area contributed by atoms with Crippen LogP contribution in [0.4, 0.5) is 0 Å². The summed E-state index contributed by atoms with van der Waals surface area (Å²) in [5, 5.41) is 4.75. The van der Waals surface area contributed by atoms with Crippen molar-refractivity contribution in [2.24, 2.45) is 11.8 Å². The summed E-state index contributed by atoms with van der Waals surface area (Å²) < 4.78 is 0. The van der Waals surface area contributed by atoms with Crippen LogP contribution in [-0.2, 0) is 0 Å². The van der Waals surface area contributed by atoms with E-state index in [1.165, 1.54) is 37.7 Å². The number of rotatable bonds is 3. The Morgan fingerprint density at radius 2 is 1.70 bits per heavy atom. The maximum absolute atomic E-state index is 5.95. The summed E-state index contributed by atoms with van der Waals surface area (Å²) in [6.07, 6.45) is 6.74. The highest BCUT2D eigenvalue weighted by atomic mass is 35.5. The highest BCUT2D eigenvalue weighted by Gasteiger charge is 2.34. The lowest BCUT2D eigenvalue weighted by atomic mass is 9.73. The first-order chi connectivity index (χ1) is 9.61. The molecule has 2 heteroatoms. The second-order valence-corrected chi connectivity index (χ2v) is 7.52. The molecule has 110 valence electrons. The second kappa shape index (κ2) is 6.07. The van der Waals surface area contributed by atoms with E-state index >= 15 is 0 Å². The van der Waals surface area contributed by atoms with Gasteiger partial charge in [-0.25, -0.2) is 0 Å². The molecule has 0 saturated heterocycles. The molecule has 0 radical (unpaired) electrons. The molecule has 2 aliphatic carbocycles. The summed E-state index contributed by atoms with van der Waals surface area (Å²) in [6, 6.07) is 9.89. The lowest BCUT2D eigenvalue weighted by Crippen LogP contribution is -2.49. The maximum atomic E-state index is 5.95. The SMILES string of the molecule is CC1CCC(NC2CC(c3ccc(Cl)cc3)C2)C(C)C1. The summed E-state index contributed by atoms with van der Waals surface area (Å²) in [4.78, 5) is 0. The zero-order chi connectivity index (χ0) is 14.1. The van der Waals surface area contributed by atoms with Crippen molar-refractivity contribution in [2.45, 2.75) is 64.0 Å². The first kappa shape index (κ1) is 14.4. The Balaban J connectivity index is 1.47. The molecule has 2 fully saturated rings. The van der Waals surface area contributed by atoms with Crippen LogP contribution in [0.25, 0.3) is 0 Å². The predicted molar refractivity (Wildman–Crippen MR) is 86.3 cm³/mol. The molecule has 0 aliphatic heterocycles. The quantitative estimate of drug-likeness (QED) is 0.826. The molecule has 0 heterocycles. The van der Waals surface area contributed by atoms with Crippen molar-refractivity contribution in [3.63, 3.8) is 0 Å². The topological polar surface area (TPSA) is 12.0 Å². The van der Waals surface area contributed by atoms with Crippen LogP contribution in [0.3, 0.4) is 0 Å². The summed E-state index contributed by atoms with van der Waals surface area (Å²) in [7, 11) is 0. The second-order valence-electron chi connectivity index (χ2n) is 7.09. The average molecular weight is 292 g/mol. The monoisotopic (exact) mass is 291 g/mol. The maximum Gasteiger partial charge on any atom is 0.0406 e. The number of benzene rings is 1. The number of nitrogens with one attached hydrogen (secondary N) is 1. The molecule has 0 amide bonds. The molecular weight excluding hydrogens is 266 g/mol. The minimum absolute atomic E-state index is 0.733. The van der Waals surface area contributed by atoms with Gasteiger partial charge in [0, 0.05) is 17.1 Å². The number of hydrogen-bond donors (Lipinski definition) is 1. The molecule has 1 nitrogen and oxygen atoms in total. The molecule has 3 atom stereocenters. The van der Waals surface area contributed by atoms with E-state index in [4.69, 9.17) is 11.6 Å². The van der Waals surface area contributed by atoms with Crippen LogP contribution >= 0.6 is 11.6 Å². The van der Waals surface area contributed by atoms with Gasteiger partial charge >= 0.3 is 0 Å². The zero-order valence-electron chi connectivity index (χ0n) is 12.6. The van der Waals surface area contributed by atoms with Crippen molar-refractivity contribution in [2.75, 3.05) is 0 Å². The molecule has 0 spiro atoms. The van der Waals surface area contributed by atoms with E-state index in [0.717, 1.165) is 34.9 Å². The molecule has 0 bridgehead atoms. The van der Waals surface area contributed by atoms with E-state index in [-0.39, 0.29) is 0 Å². The first-order valence-corrected chi connectivity index (χ1v) is 8.51. The van der Waals surface area contributed by atoms with Gasteiger partial charge in [0.15, 0.2) is 0 Å². The van der Waals surface area contributed by atoms with Gasteiger partial charge in [0.05, 0.1) is 0 Å². The molecule has 3 unspecified atom stereocenters. The smallest absolute Gasteiger partial charge is 0.0406 e. The van der Waals surface area contributed by atoms with Crippen LogP contribution in [-0.4, -0.2) is 12.1 Å². The van der Waals surface area contributed by atoms with Crippen molar-refractivity contribution in [1.29, 1.82) is 0 Å². The van der Waals surface area contributed by atoms with Crippen LogP contribution in [0.15, 0.2) is 24.3 Å². The third-order valence-corrected chi connectivity index (χ3v) is 5.61. The lowest BCUT2D eigenvalue weighted by Gasteiger charge is -2.42. The Bertz CT molecular complexity index is 435. The first-order valence-electron chi connectivity index (χ1n) is 8.13. The molecule has 3 rings (SSSR count). The van der Waals surface area contributed by atoms with E-state index < -0.39 is 0 Å². The van der Waals surface area contributed by atoms with Gasteiger partial charge in [-0.2, -0.15) is 0 Å². The Kier molecular flexibility index (Phi) is 4.37. The van der Waals surface area contributed by atoms with E-state index in [1.54, 1.807) is 0 Å². The Labute approximate surface area is 128 Å². The standard InChI is InChI=1S/C18H26ClN/c1-12-3-8-18(13(2)9-12)20-17-10-15(11-17)14-4-6-16(19)7-5-14/h4-7,12-13,15,17-18,20H,3,8-11H2,1-2H3. The third-order valence-electron chi connectivity index (χ3n) is 5.36. The Hall–Kier alpha value is -0.530. The van der Waals surface area contributed by atoms with Gasteiger partial charge < -0.3 is 5.32 Å². The summed E-state index contributed by atoms with van der Waals surface area (Å²) in [6.45, 7) is 4.81. The van der Waals surface area contributed by atoms with Gasteiger partial charge in [0.1, 0.15) is 0 Å². The molecule has 2 saturated carbocycles. The van der Waals surface area contributed by atoms with E-state index in [1.807, 2.05) is 12.1 Å². The van der Waals surface area contributed by atoms with Gasteiger partial charge in [-0.15, -0.1) is 0 Å². The van der Waals surface area contributed by atoms with Crippen molar-refractivity contribution in [3.05, 3.63) is 34.9 Å². The lowest BCUT2D eigenvalue weighted by molar-refractivity contribution is 0.176. The van der Waals surface area contributed by atoms with E-state index in [2.05, 4.69) is 31.3 Å². The van der Waals surface area contributed by atoms with Gasteiger partial charge in [0.2, 0.25) is 0 Å². The summed E-state index contributed by atoms with van der Waals surface area (Å²) in [5.74, 6) is 2.50. The van der Waals surface area contributed by atoms with Gasteiger partial charge in [-0.1, -0.05) is 37.6 Å². The highest BCUT2D eigenvalue weighted by Crippen LogP contribution is 2.39. The van der Waals surface area contributed by atoms with Crippen LogP contribution in [0.1, 0.15) is 57.4 Å². The Morgan fingerprint density at radius 1 is 1.00 bits per heavy atom. The van der Waals surface area contributed by atoms with Crippen LogP contribution in [0.2, 0.25) is 5.02 Å². The minimum atomic E-state index is 0.733. The van der Waals surface area contributed by atoms with E-state index in [0.29, 0.717) is 0 Å². The average Bonchev–Trinajstić information content (AvgIpc) is 2.37. The minimum Gasteiger partial charge on any atom is -0.311 e. The van der Waals surface area contributed by atoms with E-state index in [9.17, 15) is 0 Å². The summed E-state index contributed by atoms with van der Waals surface area (Å²) >= 11 is 5.95. The summed E-state index contributed by atoms with van der Waals surface area (Å²) in [5.41, 5.74) is 1.46. The fourth-order valence-electron chi connectivity index (χ4n) is 3.98. The molecule has 20 heavy (non-hydrogen) atoms. The zero-order valence-corrected chi connectivity index (χ0v) is 13.4. The molecular formula is C18H26ClN. The fourth-order valence-corrected chi connectivity index (χ4v) is 4.10. The largest absolute Gasteiger partial charge is 0.311 e. The van der Waals surface area contributed by atoms with Gasteiger partial charge in [-0.3, -0.25) is 0 Å². The van der Waals surface area contributed by atoms with Crippen molar-refractivity contribution in [3.8, 4) is 0 Å². The molecule has 1 aromatic carbocycles. The molecule has 2 aliphatic rings. The van der Waals surface area contributed by atoms with Gasteiger partial charge in [0.25, 0.3) is 0 Å². The third kappa shape index (κ3) is 3.20. The van der Waals surface area contributed by atoms with Crippen molar-refractivity contribution >= 4 is 11.6 Å². The number of hydrogen-bond acceptors (Lipinski definition) is 1. The van der Waals surface area contributed by atoms with Crippen LogP contribution in [0.5, 0.6) is 0 Å². The molecule has 0 aromatic heterocycles. The van der Waals surface area contributed by atoms with Crippen LogP contribution < -0.4 is 5.32 Å². The van der Waals surface area contributed by atoms with Crippen molar-refractivity contribution < 1.29 is 0 Å². The van der Waals surface area contributed by atoms with Crippen LogP contribution in [0, 0.1) is 11.8 Å². The highest BCUT2D eigenvalue weighted by molar-refractivity contribution is 6.30. The Morgan fingerprint density at radius 3 is 2.35 bits per heavy atom. The molecule has 1 N–H and O–H groups in total. The number of halogens is 1. The predicted octanol–water partition coefficient (Wildman–Crippen LogP) is 5.00. The fraction of sp³-hybridized carbons (Fsp3) is 0.667.